The van der Waals surface area contributed by atoms with Crippen LogP contribution in [0, 0.1) is 29.6 Å². The third-order valence-corrected chi connectivity index (χ3v) is 3.41. The van der Waals surface area contributed by atoms with E-state index in [0.29, 0.717) is 13.2 Å². The van der Waals surface area contributed by atoms with E-state index in [9.17, 15) is 4.79 Å². The van der Waals surface area contributed by atoms with Crippen molar-refractivity contribution in [2.75, 3.05) is 26.4 Å². The number of carbonyl (C=O) groups excluding carboxylic acids is 1. The molecule has 0 heterocycles. The second-order valence-electron chi connectivity index (χ2n) is 5.60. The number of rotatable bonds is 8. The van der Waals surface area contributed by atoms with Crippen molar-refractivity contribution in [2.24, 2.45) is 5.92 Å². The Balaban J connectivity index is 2.56. The lowest BCUT2D eigenvalue weighted by Crippen LogP contribution is -2.21. The normalized spacial score (nSPS) is 10.9. The lowest BCUT2D eigenvalue weighted by Gasteiger charge is -2.19. The molecule has 0 aliphatic heterocycles. The Hall–Kier alpha value is -2.43. The van der Waals surface area contributed by atoms with Crippen LogP contribution in [0.15, 0.2) is 24.3 Å². The molecule has 1 rings (SSSR count). The summed E-state index contributed by atoms with van der Waals surface area (Å²) in [4.78, 5) is 12.4. The zero-order valence-corrected chi connectivity index (χ0v) is 15.4. The predicted molar refractivity (Wildman–Crippen MR) is 98.2 cm³/mol. The van der Waals surface area contributed by atoms with E-state index in [4.69, 9.17) is 14.2 Å². The van der Waals surface area contributed by atoms with E-state index >= 15 is 0 Å². The van der Waals surface area contributed by atoms with Crippen molar-refractivity contribution < 1.29 is 19.0 Å². The van der Waals surface area contributed by atoms with Crippen molar-refractivity contribution >= 4 is 5.97 Å². The number of benzene rings is 1. The van der Waals surface area contributed by atoms with Crippen molar-refractivity contribution in [3.05, 3.63) is 29.8 Å². The molecule has 0 aromatic heterocycles. The van der Waals surface area contributed by atoms with Crippen LogP contribution in [0.5, 0.6) is 5.75 Å². The summed E-state index contributed by atoms with van der Waals surface area (Å²) in [6.45, 7) is 8.99. The van der Waals surface area contributed by atoms with Crippen molar-refractivity contribution in [1.82, 2.24) is 0 Å². The first-order chi connectivity index (χ1) is 12.1. The molecule has 0 bridgehead atoms. The SMILES string of the molecule is CC#CCOCC#CCOC(=O)C(c1ccc(OCC)cc1)C(C)C. The van der Waals surface area contributed by atoms with E-state index < -0.39 is 0 Å². The van der Waals surface area contributed by atoms with Gasteiger partial charge in [0.15, 0.2) is 6.61 Å². The summed E-state index contributed by atoms with van der Waals surface area (Å²) in [7, 11) is 0. The molecular weight excluding hydrogens is 316 g/mol. The molecule has 25 heavy (non-hydrogen) atoms. The minimum Gasteiger partial charge on any atom is -0.494 e. The van der Waals surface area contributed by atoms with Crippen LogP contribution >= 0.6 is 0 Å². The zero-order chi connectivity index (χ0) is 18.5. The predicted octanol–water partition coefficient (Wildman–Crippen LogP) is 3.41. The van der Waals surface area contributed by atoms with Gasteiger partial charge >= 0.3 is 5.97 Å². The number of carbonyl (C=O) groups is 1. The van der Waals surface area contributed by atoms with Crippen LogP contribution in [-0.4, -0.2) is 32.4 Å². The molecule has 0 amide bonds. The smallest absolute Gasteiger partial charge is 0.314 e. The maximum atomic E-state index is 12.4. The van der Waals surface area contributed by atoms with Gasteiger partial charge in [0, 0.05) is 0 Å². The molecule has 0 N–H and O–H groups in total. The van der Waals surface area contributed by atoms with E-state index in [0.717, 1.165) is 11.3 Å². The third-order valence-electron chi connectivity index (χ3n) is 3.41. The number of esters is 1. The molecule has 0 radical (unpaired) electrons. The highest BCUT2D eigenvalue weighted by molar-refractivity contribution is 5.78. The summed E-state index contributed by atoms with van der Waals surface area (Å²) < 4.78 is 15.9. The van der Waals surface area contributed by atoms with Gasteiger partial charge in [0.05, 0.1) is 12.5 Å². The van der Waals surface area contributed by atoms with Gasteiger partial charge in [-0.1, -0.05) is 43.7 Å². The first-order valence-electron chi connectivity index (χ1n) is 8.42. The largest absolute Gasteiger partial charge is 0.494 e. The van der Waals surface area contributed by atoms with Gasteiger partial charge in [-0.05, 0) is 37.5 Å². The molecule has 1 aromatic carbocycles. The van der Waals surface area contributed by atoms with Gasteiger partial charge in [0.1, 0.15) is 19.0 Å². The van der Waals surface area contributed by atoms with Crippen molar-refractivity contribution in [3.8, 4) is 29.4 Å². The van der Waals surface area contributed by atoms with Crippen LogP contribution in [0.4, 0.5) is 0 Å². The molecule has 0 fully saturated rings. The lowest BCUT2D eigenvalue weighted by molar-refractivity contribution is -0.145. The Morgan fingerprint density at radius 1 is 1.04 bits per heavy atom. The quantitative estimate of drug-likeness (QED) is 0.413. The molecule has 4 nitrogen and oxygen atoms in total. The zero-order valence-electron chi connectivity index (χ0n) is 15.4. The summed E-state index contributed by atoms with van der Waals surface area (Å²) >= 11 is 0. The summed E-state index contributed by atoms with van der Waals surface area (Å²) in [6.07, 6.45) is 0. The molecule has 4 heteroatoms. The van der Waals surface area contributed by atoms with Gasteiger partial charge in [0.2, 0.25) is 0 Å². The topological polar surface area (TPSA) is 44.8 Å². The highest BCUT2D eigenvalue weighted by Gasteiger charge is 2.25. The summed E-state index contributed by atoms with van der Waals surface area (Å²) in [5.41, 5.74) is 0.915. The van der Waals surface area contributed by atoms with Crippen LogP contribution in [0.3, 0.4) is 0 Å². The van der Waals surface area contributed by atoms with Crippen LogP contribution < -0.4 is 4.74 Å². The molecule has 0 saturated carbocycles. The highest BCUT2D eigenvalue weighted by atomic mass is 16.5. The van der Waals surface area contributed by atoms with Crippen LogP contribution in [0.25, 0.3) is 0 Å². The molecule has 0 spiro atoms. The molecule has 134 valence electrons. The van der Waals surface area contributed by atoms with Gasteiger partial charge in [-0.2, -0.15) is 0 Å². The van der Waals surface area contributed by atoms with Crippen molar-refractivity contribution in [1.29, 1.82) is 0 Å². The average molecular weight is 342 g/mol. The molecule has 0 saturated heterocycles. The standard InChI is InChI=1S/C21H26O4/c1-5-7-14-23-15-8-9-16-25-21(22)20(17(3)4)18-10-12-19(13-11-18)24-6-2/h10-13,17,20H,6,14-16H2,1-4H3. The second kappa shape index (κ2) is 12.0. The van der Waals surface area contributed by atoms with E-state index in [1.807, 2.05) is 45.0 Å². The Morgan fingerprint density at radius 3 is 2.28 bits per heavy atom. The first kappa shape index (κ1) is 20.6. The van der Waals surface area contributed by atoms with Crippen molar-refractivity contribution in [2.45, 2.75) is 33.6 Å². The fourth-order valence-corrected chi connectivity index (χ4v) is 2.26. The van der Waals surface area contributed by atoms with Crippen LogP contribution in [0.1, 0.15) is 39.2 Å². The summed E-state index contributed by atoms with van der Waals surface area (Å²) in [5, 5.41) is 0. The lowest BCUT2D eigenvalue weighted by atomic mass is 9.88. The molecule has 0 aliphatic rings. The maximum absolute atomic E-state index is 12.4. The molecular formula is C21H26O4. The van der Waals surface area contributed by atoms with Gasteiger partial charge in [0.25, 0.3) is 0 Å². The Labute approximate surface area is 150 Å². The minimum atomic E-state index is -0.325. The second-order valence-corrected chi connectivity index (χ2v) is 5.60. The van der Waals surface area contributed by atoms with Gasteiger partial charge in [-0.3, -0.25) is 4.79 Å². The van der Waals surface area contributed by atoms with E-state index in [-0.39, 0.29) is 31.0 Å². The average Bonchev–Trinajstić information content (AvgIpc) is 2.59. The highest BCUT2D eigenvalue weighted by Crippen LogP contribution is 2.27. The summed E-state index contributed by atoms with van der Waals surface area (Å²) in [5.74, 6) is 11.4. The van der Waals surface area contributed by atoms with E-state index in [1.54, 1.807) is 6.92 Å². The Bertz CT molecular complexity index is 638. The van der Waals surface area contributed by atoms with Gasteiger partial charge < -0.3 is 14.2 Å². The molecule has 0 aliphatic carbocycles. The van der Waals surface area contributed by atoms with Gasteiger partial charge in [-0.25, -0.2) is 0 Å². The fourth-order valence-electron chi connectivity index (χ4n) is 2.26. The van der Waals surface area contributed by atoms with E-state index in [2.05, 4.69) is 23.7 Å². The summed E-state index contributed by atoms with van der Waals surface area (Å²) in [6, 6.07) is 7.56. The Morgan fingerprint density at radius 2 is 1.68 bits per heavy atom. The molecule has 1 atom stereocenters. The maximum Gasteiger partial charge on any atom is 0.314 e. The monoisotopic (exact) mass is 342 g/mol. The number of hydrogen-bond acceptors (Lipinski definition) is 4. The fraction of sp³-hybridized carbons (Fsp3) is 0.476. The first-order valence-corrected chi connectivity index (χ1v) is 8.42. The Kier molecular flexibility index (Phi) is 9.90. The van der Waals surface area contributed by atoms with Crippen LogP contribution in [0.2, 0.25) is 0 Å². The molecule has 1 aromatic rings. The van der Waals surface area contributed by atoms with Crippen LogP contribution in [-0.2, 0) is 14.3 Å². The minimum absolute atomic E-state index is 0.0574. The third kappa shape index (κ3) is 7.79. The van der Waals surface area contributed by atoms with Gasteiger partial charge in [-0.15, -0.1) is 5.92 Å². The van der Waals surface area contributed by atoms with E-state index in [1.165, 1.54) is 0 Å². The number of ether oxygens (including phenoxy) is 3. The van der Waals surface area contributed by atoms with Crippen molar-refractivity contribution in [3.63, 3.8) is 0 Å². The number of hydrogen-bond donors (Lipinski definition) is 0. The molecule has 1 unspecified atom stereocenters.